The number of hydrogen-bond acceptors (Lipinski definition) is 5. The molecule has 0 aromatic rings. The molecule has 3 fully saturated rings. The van der Waals surface area contributed by atoms with E-state index in [2.05, 4.69) is 25.1 Å². The number of carbonyl (C=O) groups is 1. The van der Waals surface area contributed by atoms with Gasteiger partial charge in [-0.1, -0.05) is 24.6 Å². The van der Waals surface area contributed by atoms with Gasteiger partial charge in [-0.25, -0.2) is 0 Å². The highest BCUT2D eigenvalue weighted by atomic mass is 16.4. The molecule has 4 rings (SSSR count). The van der Waals surface area contributed by atoms with Crippen molar-refractivity contribution >= 4 is 11.5 Å². The Morgan fingerprint density at radius 3 is 2.42 bits per heavy atom. The first kappa shape index (κ1) is 18.2. The molecule has 0 radical (unpaired) electrons. The van der Waals surface area contributed by atoms with Gasteiger partial charge < -0.3 is 15.4 Å². The summed E-state index contributed by atoms with van der Waals surface area (Å²) in [5.41, 5.74) is 1.74. The number of allylic oxidation sites excluding steroid dienone is 2. The summed E-state index contributed by atoms with van der Waals surface area (Å²) < 4.78 is 0. The van der Waals surface area contributed by atoms with E-state index in [0.29, 0.717) is 36.2 Å². The molecule has 0 amide bonds. The fraction of sp³-hybridized carbons (Fsp3) is 0.810. The molecule has 3 saturated carbocycles. The average Bonchev–Trinajstić information content (AvgIpc) is 2.93. The maximum absolute atomic E-state index is 12.2. The Morgan fingerprint density at radius 2 is 1.77 bits per heavy atom. The molecule has 0 aromatic heterocycles. The van der Waals surface area contributed by atoms with Crippen LogP contribution in [0.1, 0.15) is 59.3 Å². The van der Waals surface area contributed by atoms with Crippen LogP contribution in [0.4, 0.5) is 0 Å². The van der Waals surface area contributed by atoms with Crippen LogP contribution in [-0.4, -0.2) is 39.1 Å². The molecular weight excluding hydrogens is 330 g/mol. The summed E-state index contributed by atoms with van der Waals surface area (Å²) in [6.07, 6.45) is 5.51. The number of Topliss-reactive ketones (excluding diaryl/α,β-unsaturated/α-hetero) is 1. The van der Waals surface area contributed by atoms with Gasteiger partial charge in [-0.3, -0.25) is 4.79 Å². The standard InChI is InChI=1S/C21H31NO4/c1-11(23)13-4-5-14-12-8-17(22-26)16-9-18(24)19(25)10-21(16,3)15(12)6-7-20(13,14)2/h8,13-16,18-19,24-26H,4-7,9-10H2,1-3H3/b22-17-/t13-,14?,15?,16+,18-,19+,20-,21-/m1/s1. The van der Waals surface area contributed by atoms with Crippen molar-refractivity contribution in [2.45, 2.75) is 71.5 Å². The maximum atomic E-state index is 12.2. The number of carbonyl (C=O) groups excluding carboxylic acids is 1. The van der Waals surface area contributed by atoms with Crippen molar-refractivity contribution in [3.05, 3.63) is 11.6 Å². The van der Waals surface area contributed by atoms with Crippen LogP contribution in [0.5, 0.6) is 0 Å². The molecule has 0 bridgehead atoms. The summed E-state index contributed by atoms with van der Waals surface area (Å²) in [5.74, 6) is 1.04. The molecule has 0 spiro atoms. The zero-order valence-electron chi connectivity index (χ0n) is 16.0. The number of nitrogens with zero attached hydrogens (tertiary/aromatic N) is 1. The average molecular weight is 361 g/mol. The summed E-state index contributed by atoms with van der Waals surface area (Å²) >= 11 is 0. The van der Waals surface area contributed by atoms with Gasteiger partial charge in [-0.15, -0.1) is 0 Å². The summed E-state index contributed by atoms with van der Waals surface area (Å²) in [6.45, 7) is 6.17. The van der Waals surface area contributed by atoms with E-state index in [-0.39, 0.29) is 22.7 Å². The van der Waals surface area contributed by atoms with Gasteiger partial charge in [-0.05, 0) is 74.2 Å². The highest BCUT2D eigenvalue weighted by Gasteiger charge is 2.60. The molecule has 0 saturated heterocycles. The molecule has 2 unspecified atom stereocenters. The first-order chi connectivity index (χ1) is 12.2. The van der Waals surface area contributed by atoms with Crippen molar-refractivity contribution in [1.82, 2.24) is 0 Å². The third-order valence-electron chi connectivity index (χ3n) is 8.55. The van der Waals surface area contributed by atoms with E-state index in [9.17, 15) is 20.2 Å². The molecule has 3 N–H and O–H groups in total. The van der Waals surface area contributed by atoms with Crippen LogP contribution in [0.3, 0.4) is 0 Å². The van der Waals surface area contributed by atoms with Gasteiger partial charge >= 0.3 is 0 Å². The number of fused-ring (bicyclic) bond motifs is 5. The van der Waals surface area contributed by atoms with Gasteiger partial charge in [0, 0.05) is 11.8 Å². The molecule has 0 heterocycles. The third kappa shape index (κ3) is 2.29. The molecule has 5 heteroatoms. The highest BCUT2D eigenvalue weighted by Crippen LogP contribution is 2.65. The van der Waals surface area contributed by atoms with Gasteiger partial charge in [0.25, 0.3) is 0 Å². The van der Waals surface area contributed by atoms with Crippen LogP contribution in [-0.2, 0) is 4.79 Å². The lowest BCUT2D eigenvalue weighted by molar-refractivity contribution is -0.125. The van der Waals surface area contributed by atoms with Gasteiger partial charge in [0.2, 0.25) is 0 Å². The number of aliphatic hydroxyl groups excluding tert-OH is 2. The van der Waals surface area contributed by atoms with Crippen molar-refractivity contribution in [2.24, 2.45) is 39.7 Å². The Bertz CT molecular complexity index is 685. The zero-order chi connectivity index (χ0) is 18.9. The summed E-state index contributed by atoms with van der Waals surface area (Å²) in [5, 5.41) is 33.8. The van der Waals surface area contributed by atoms with Gasteiger partial charge in [0.1, 0.15) is 5.78 Å². The lowest BCUT2D eigenvalue weighted by Crippen LogP contribution is -2.56. The number of aliphatic hydroxyl groups is 2. The normalized spacial score (nSPS) is 52.0. The van der Waals surface area contributed by atoms with E-state index in [1.54, 1.807) is 6.92 Å². The minimum absolute atomic E-state index is 0.00920. The molecular formula is C21H31NO4. The Labute approximate surface area is 155 Å². The molecule has 5 nitrogen and oxygen atoms in total. The van der Waals surface area contributed by atoms with E-state index < -0.39 is 12.2 Å². The van der Waals surface area contributed by atoms with Crippen molar-refractivity contribution in [1.29, 1.82) is 0 Å². The fourth-order valence-corrected chi connectivity index (χ4v) is 7.19. The summed E-state index contributed by atoms with van der Waals surface area (Å²) in [7, 11) is 0. The minimum Gasteiger partial charge on any atom is -0.411 e. The van der Waals surface area contributed by atoms with Crippen LogP contribution >= 0.6 is 0 Å². The Kier molecular flexibility index (Phi) is 4.12. The minimum atomic E-state index is -0.762. The molecule has 26 heavy (non-hydrogen) atoms. The van der Waals surface area contributed by atoms with E-state index >= 15 is 0 Å². The van der Waals surface area contributed by atoms with Crippen molar-refractivity contribution < 1.29 is 20.2 Å². The van der Waals surface area contributed by atoms with Crippen LogP contribution in [0.15, 0.2) is 16.8 Å². The van der Waals surface area contributed by atoms with Crippen LogP contribution in [0.25, 0.3) is 0 Å². The van der Waals surface area contributed by atoms with Crippen LogP contribution in [0.2, 0.25) is 0 Å². The molecule has 8 atom stereocenters. The Balaban J connectivity index is 1.78. The van der Waals surface area contributed by atoms with E-state index in [4.69, 9.17) is 0 Å². The Morgan fingerprint density at radius 1 is 1.08 bits per heavy atom. The second kappa shape index (κ2) is 5.90. The molecule has 4 aliphatic carbocycles. The molecule has 144 valence electrons. The number of hydrogen-bond donors (Lipinski definition) is 3. The van der Waals surface area contributed by atoms with Crippen LogP contribution < -0.4 is 0 Å². The topological polar surface area (TPSA) is 90.1 Å². The van der Waals surface area contributed by atoms with E-state index in [0.717, 1.165) is 25.7 Å². The van der Waals surface area contributed by atoms with Crippen molar-refractivity contribution in [2.75, 3.05) is 0 Å². The second-order valence-corrected chi connectivity index (χ2v) is 9.69. The second-order valence-electron chi connectivity index (χ2n) is 9.69. The number of ketones is 1. The van der Waals surface area contributed by atoms with Crippen molar-refractivity contribution in [3.63, 3.8) is 0 Å². The largest absolute Gasteiger partial charge is 0.411 e. The zero-order valence-corrected chi connectivity index (χ0v) is 16.0. The lowest BCUT2D eigenvalue weighted by atomic mass is 9.47. The fourth-order valence-electron chi connectivity index (χ4n) is 7.19. The van der Waals surface area contributed by atoms with Gasteiger partial charge in [0.05, 0.1) is 17.9 Å². The number of rotatable bonds is 1. The lowest BCUT2D eigenvalue weighted by Gasteiger charge is -2.57. The molecule has 4 aliphatic rings. The van der Waals surface area contributed by atoms with E-state index in [1.165, 1.54) is 5.57 Å². The molecule has 0 aromatic carbocycles. The smallest absolute Gasteiger partial charge is 0.133 e. The molecule has 0 aliphatic heterocycles. The SMILES string of the molecule is CC(=O)[C@H]1CCC2C3=C/C(=N/O)[C@@H]4C[C@@H](O)[C@@H](O)C[C@]4(C)C3CC[C@@]21C. The third-order valence-corrected chi connectivity index (χ3v) is 8.55. The summed E-state index contributed by atoms with van der Waals surface area (Å²) in [6, 6.07) is 0. The van der Waals surface area contributed by atoms with Crippen LogP contribution in [0, 0.1) is 34.5 Å². The number of oxime groups is 1. The first-order valence-electron chi connectivity index (χ1n) is 10.0. The highest BCUT2D eigenvalue weighted by molar-refractivity contribution is 5.99. The predicted octanol–water partition coefficient (Wildman–Crippen LogP) is 2.93. The van der Waals surface area contributed by atoms with Gasteiger partial charge in [-0.2, -0.15) is 0 Å². The Hall–Kier alpha value is -1.20. The first-order valence-corrected chi connectivity index (χ1v) is 10.0. The van der Waals surface area contributed by atoms with Gasteiger partial charge in [0.15, 0.2) is 0 Å². The quantitative estimate of drug-likeness (QED) is 0.495. The summed E-state index contributed by atoms with van der Waals surface area (Å²) in [4.78, 5) is 12.2. The monoisotopic (exact) mass is 361 g/mol. The van der Waals surface area contributed by atoms with Crippen molar-refractivity contribution in [3.8, 4) is 0 Å². The van der Waals surface area contributed by atoms with E-state index in [1.807, 2.05) is 0 Å². The predicted molar refractivity (Wildman–Crippen MR) is 97.9 cm³/mol. The maximum Gasteiger partial charge on any atom is 0.133 e.